The van der Waals surface area contributed by atoms with Gasteiger partial charge in [0, 0.05) is 35.9 Å². The highest BCUT2D eigenvalue weighted by Gasteiger charge is 2.53. The van der Waals surface area contributed by atoms with Gasteiger partial charge in [-0.25, -0.2) is 0 Å². The number of halogens is 1. The number of aliphatic hydroxyl groups is 1. The van der Waals surface area contributed by atoms with Crippen LogP contribution in [0.1, 0.15) is 30.1 Å². The number of aliphatic hydroxyl groups excluding tert-OH is 1. The van der Waals surface area contributed by atoms with Gasteiger partial charge >= 0.3 is 0 Å². The Hall–Kier alpha value is -2.40. The van der Waals surface area contributed by atoms with Crippen molar-refractivity contribution in [1.29, 1.82) is 0 Å². The van der Waals surface area contributed by atoms with Gasteiger partial charge in [-0.05, 0) is 35.7 Å². The van der Waals surface area contributed by atoms with Gasteiger partial charge in [0.05, 0.1) is 25.7 Å². The summed E-state index contributed by atoms with van der Waals surface area (Å²) in [5.74, 6) is 1.92. The van der Waals surface area contributed by atoms with E-state index in [-0.39, 0.29) is 18.4 Å². The van der Waals surface area contributed by atoms with Gasteiger partial charge in [0.15, 0.2) is 0 Å². The first kappa shape index (κ1) is 22.8. The SMILES string of the molecule is C=CC1C[N+]2(Cc3ccccc3)CCC1C[C@H]2[C@H](O)c1ccnc2ccc(OC)cc12.Cl. The van der Waals surface area contributed by atoms with E-state index in [1.807, 2.05) is 30.5 Å². The van der Waals surface area contributed by atoms with E-state index in [2.05, 4.69) is 48.0 Å². The van der Waals surface area contributed by atoms with E-state index >= 15 is 0 Å². The first-order valence-electron chi connectivity index (χ1n) is 11.3. The lowest BCUT2D eigenvalue weighted by atomic mass is 9.71. The fraction of sp³-hybridized carbons (Fsp3) is 0.370. The molecular weight excluding hydrogens is 420 g/mol. The summed E-state index contributed by atoms with van der Waals surface area (Å²) in [4.78, 5) is 4.52. The number of nitrogens with zero attached hydrogens (tertiary/aromatic N) is 2. The predicted molar refractivity (Wildman–Crippen MR) is 131 cm³/mol. The van der Waals surface area contributed by atoms with Crippen LogP contribution in [0.2, 0.25) is 0 Å². The minimum absolute atomic E-state index is 0. The number of hydrogen-bond acceptors (Lipinski definition) is 3. The molecule has 0 radical (unpaired) electrons. The summed E-state index contributed by atoms with van der Waals surface area (Å²) in [5.41, 5.74) is 3.19. The molecule has 168 valence electrons. The van der Waals surface area contributed by atoms with Crippen LogP contribution >= 0.6 is 12.4 Å². The lowest BCUT2D eigenvalue weighted by molar-refractivity contribution is -0.984. The molecule has 0 amide bonds. The average Bonchev–Trinajstić information content (AvgIpc) is 2.83. The Morgan fingerprint density at radius 2 is 2.03 bits per heavy atom. The van der Waals surface area contributed by atoms with Crippen molar-refractivity contribution in [2.24, 2.45) is 11.8 Å². The van der Waals surface area contributed by atoms with E-state index in [4.69, 9.17) is 4.74 Å². The molecule has 0 aliphatic carbocycles. The first-order valence-corrected chi connectivity index (χ1v) is 11.3. The fourth-order valence-corrected chi connectivity index (χ4v) is 6.07. The van der Waals surface area contributed by atoms with Crippen molar-refractivity contribution in [3.63, 3.8) is 0 Å². The molecule has 4 nitrogen and oxygen atoms in total. The molecule has 2 aromatic carbocycles. The van der Waals surface area contributed by atoms with Gasteiger partial charge in [-0.3, -0.25) is 4.98 Å². The van der Waals surface area contributed by atoms with Crippen molar-refractivity contribution >= 4 is 23.3 Å². The molecule has 1 N–H and O–H groups in total. The molecule has 3 fully saturated rings. The summed E-state index contributed by atoms with van der Waals surface area (Å²) in [6.45, 7) is 7.25. The molecule has 32 heavy (non-hydrogen) atoms. The fourth-order valence-electron chi connectivity index (χ4n) is 6.07. The lowest BCUT2D eigenvalue weighted by Gasteiger charge is -2.58. The molecular formula is C27H32ClN2O2+. The number of piperidine rings is 3. The van der Waals surface area contributed by atoms with Crippen LogP contribution in [0, 0.1) is 11.8 Å². The van der Waals surface area contributed by atoms with E-state index in [0.717, 1.165) is 52.8 Å². The number of fused-ring (bicyclic) bond motifs is 4. The van der Waals surface area contributed by atoms with Crippen LogP contribution in [0.5, 0.6) is 5.75 Å². The molecule has 5 atom stereocenters. The Kier molecular flexibility index (Phi) is 6.57. The Bertz CT molecular complexity index is 1090. The molecule has 0 spiro atoms. The second kappa shape index (κ2) is 9.22. The molecule has 3 aliphatic heterocycles. The number of hydrogen-bond donors (Lipinski definition) is 1. The van der Waals surface area contributed by atoms with Crippen LogP contribution in [-0.2, 0) is 6.54 Å². The van der Waals surface area contributed by atoms with E-state index in [0.29, 0.717) is 11.8 Å². The van der Waals surface area contributed by atoms with Crippen LogP contribution in [0.15, 0.2) is 73.4 Å². The van der Waals surface area contributed by atoms with Crippen LogP contribution < -0.4 is 4.74 Å². The minimum Gasteiger partial charge on any atom is -0.497 e. The second-order valence-electron chi connectivity index (χ2n) is 9.25. The maximum Gasteiger partial charge on any atom is 0.131 e. The Morgan fingerprint density at radius 3 is 2.78 bits per heavy atom. The largest absolute Gasteiger partial charge is 0.497 e. The van der Waals surface area contributed by atoms with Crippen LogP contribution in [0.4, 0.5) is 0 Å². The smallest absolute Gasteiger partial charge is 0.131 e. The first-order chi connectivity index (χ1) is 15.1. The Labute approximate surface area is 196 Å². The topological polar surface area (TPSA) is 42.4 Å². The van der Waals surface area contributed by atoms with Gasteiger partial charge in [-0.2, -0.15) is 0 Å². The van der Waals surface area contributed by atoms with Crippen LogP contribution in [0.25, 0.3) is 10.9 Å². The molecule has 2 bridgehead atoms. The summed E-state index contributed by atoms with van der Waals surface area (Å²) in [7, 11) is 1.68. The van der Waals surface area contributed by atoms with Crippen LogP contribution in [-0.4, -0.2) is 40.8 Å². The summed E-state index contributed by atoms with van der Waals surface area (Å²) in [6, 6.07) is 18.8. The van der Waals surface area contributed by atoms with Gasteiger partial charge in [0.25, 0.3) is 0 Å². The van der Waals surface area contributed by atoms with Gasteiger partial charge in [0.1, 0.15) is 24.4 Å². The average molecular weight is 452 g/mol. The molecule has 6 rings (SSSR count). The van der Waals surface area contributed by atoms with E-state index in [1.54, 1.807) is 7.11 Å². The molecule has 1 aromatic heterocycles. The molecule has 4 heterocycles. The third kappa shape index (κ3) is 3.92. The Morgan fingerprint density at radius 1 is 1.22 bits per heavy atom. The van der Waals surface area contributed by atoms with Gasteiger partial charge < -0.3 is 14.3 Å². The zero-order valence-electron chi connectivity index (χ0n) is 18.6. The molecule has 3 aliphatic rings. The van der Waals surface area contributed by atoms with E-state index in [1.165, 1.54) is 12.0 Å². The number of pyridine rings is 1. The highest BCUT2D eigenvalue weighted by molar-refractivity contribution is 5.85. The number of benzene rings is 2. The van der Waals surface area contributed by atoms with Crippen molar-refractivity contribution in [2.75, 3.05) is 20.2 Å². The molecule has 3 aromatic rings. The zero-order valence-corrected chi connectivity index (χ0v) is 19.4. The number of quaternary nitrogens is 1. The van der Waals surface area contributed by atoms with Crippen molar-refractivity contribution in [3.8, 4) is 5.75 Å². The van der Waals surface area contributed by atoms with E-state index in [9.17, 15) is 5.11 Å². The number of methoxy groups -OCH3 is 1. The third-order valence-electron chi connectivity index (χ3n) is 7.68. The second-order valence-corrected chi connectivity index (χ2v) is 9.25. The third-order valence-corrected chi connectivity index (χ3v) is 7.68. The quantitative estimate of drug-likeness (QED) is 0.408. The van der Waals surface area contributed by atoms with E-state index < -0.39 is 6.10 Å². The lowest BCUT2D eigenvalue weighted by Crippen LogP contribution is -2.67. The molecule has 3 saturated heterocycles. The zero-order chi connectivity index (χ0) is 21.4. The minimum atomic E-state index is -0.546. The van der Waals surface area contributed by atoms with Gasteiger partial charge in [0.2, 0.25) is 0 Å². The maximum atomic E-state index is 11.8. The van der Waals surface area contributed by atoms with Gasteiger partial charge in [-0.15, -0.1) is 19.0 Å². The van der Waals surface area contributed by atoms with Crippen molar-refractivity contribution in [3.05, 3.63) is 84.6 Å². The number of ether oxygens (including phenoxy) is 1. The van der Waals surface area contributed by atoms with Crippen molar-refractivity contribution < 1.29 is 14.3 Å². The standard InChI is InChI=1S/C27H31N2O2.ClH/c1-3-20-18-29(17-19-7-5-4-6-8-19)14-12-21(20)15-26(29)27(30)23-11-13-28-25-10-9-22(31-2)16-24(23)25;/h3-11,13,16,20-21,26-27,30H,1,12,14-15,17-18H2,2H3;1H/q+1;/t20?,21?,26-,27+,29?;/m0./s1. The van der Waals surface area contributed by atoms with Crippen molar-refractivity contribution in [2.45, 2.75) is 31.5 Å². The molecule has 5 heteroatoms. The number of aromatic nitrogens is 1. The Balaban J connectivity index is 0.00000245. The van der Waals surface area contributed by atoms with Crippen LogP contribution in [0.3, 0.4) is 0 Å². The predicted octanol–water partition coefficient (Wildman–Crippen LogP) is 5.31. The monoisotopic (exact) mass is 451 g/mol. The van der Waals surface area contributed by atoms with Gasteiger partial charge in [-0.1, -0.05) is 36.4 Å². The summed E-state index contributed by atoms with van der Waals surface area (Å²) >= 11 is 0. The highest BCUT2D eigenvalue weighted by Crippen LogP contribution is 2.48. The number of rotatable bonds is 6. The van der Waals surface area contributed by atoms with Crippen molar-refractivity contribution in [1.82, 2.24) is 4.98 Å². The summed E-state index contributed by atoms with van der Waals surface area (Å²) < 4.78 is 6.38. The highest BCUT2D eigenvalue weighted by atomic mass is 35.5. The molecule has 3 unspecified atom stereocenters. The normalized spacial score (nSPS) is 27.5. The maximum absolute atomic E-state index is 11.8. The summed E-state index contributed by atoms with van der Waals surface area (Å²) in [6.07, 6.45) is 5.65. The molecule has 0 saturated carbocycles. The summed E-state index contributed by atoms with van der Waals surface area (Å²) in [5, 5.41) is 12.8.